The number of pyridine rings is 1. The Hall–Kier alpha value is -1.25. The third kappa shape index (κ3) is 3.11. The lowest BCUT2D eigenvalue weighted by Crippen LogP contribution is -2.19. The van der Waals surface area contributed by atoms with Gasteiger partial charge in [0.15, 0.2) is 0 Å². The topological polar surface area (TPSA) is 28.2 Å². The molecule has 3 nitrogen and oxygen atoms in total. The number of rotatable bonds is 5. The normalized spacial score (nSPS) is 19.6. The molecule has 2 rings (SSSR count). The van der Waals surface area contributed by atoms with Gasteiger partial charge < -0.3 is 10.2 Å². The maximum atomic E-state index is 4.31. The van der Waals surface area contributed by atoms with Crippen LogP contribution in [-0.2, 0) is 0 Å². The first kappa shape index (κ1) is 12.2. The molecule has 1 unspecified atom stereocenters. The van der Waals surface area contributed by atoms with Crippen LogP contribution in [0.25, 0.3) is 0 Å². The lowest BCUT2D eigenvalue weighted by molar-refractivity contribution is 0.530. The summed E-state index contributed by atoms with van der Waals surface area (Å²) in [4.78, 5) is 6.78. The molecule has 1 aliphatic rings. The third-order valence-corrected chi connectivity index (χ3v) is 3.45. The van der Waals surface area contributed by atoms with Crippen molar-refractivity contribution in [1.82, 2.24) is 4.98 Å². The average molecular weight is 233 g/mol. The zero-order valence-corrected chi connectivity index (χ0v) is 10.9. The van der Waals surface area contributed by atoms with Gasteiger partial charge in [-0.15, -0.1) is 0 Å². The van der Waals surface area contributed by atoms with Gasteiger partial charge in [0, 0.05) is 19.6 Å². The average Bonchev–Trinajstić information content (AvgIpc) is 2.79. The molecule has 0 bridgehead atoms. The number of anilines is 2. The molecule has 1 N–H and O–H groups in total. The van der Waals surface area contributed by atoms with Crippen LogP contribution in [0.15, 0.2) is 18.5 Å². The van der Waals surface area contributed by atoms with Crippen molar-refractivity contribution in [2.24, 2.45) is 5.92 Å². The lowest BCUT2D eigenvalue weighted by Gasteiger charge is -2.19. The molecule has 2 heterocycles. The van der Waals surface area contributed by atoms with E-state index in [2.05, 4.69) is 35.1 Å². The van der Waals surface area contributed by atoms with Crippen LogP contribution >= 0.6 is 0 Å². The van der Waals surface area contributed by atoms with Crippen LogP contribution in [-0.4, -0.2) is 24.6 Å². The SMILES string of the molecule is CCCC1CCN(c2cncc(NCC)c2)C1. The summed E-state index contributed by atoms with van der Waals surface area (Å²) in [6.45, 7) is 7.71. The minimum Gasteiger partial charge on any atom is -0.384 e. The van der Waals surface area contributed by atoms with Crippen molar-refractivity contribution >= 4 is 11.4 Å². The fraction of sp³-hybridized carbons (Fsp3) is 0.643. The summed E-state index contributed by atoms with van der Waals surface area (Å²) < 4.78 is 0. The molecule has 0 aliphatic carbocycles. The van der Waals surface area contributed by atoms with Crippen molar-refractivity contribution in [2.75, 3.05) is 29.9 Å². The predicted molar refractivity (Wildman–Crippen MR) is 73.6 cm³/mol. The number of nitrogens with one attached hydrogen (secondary N) is 1. The molecule has 1 aromatic heterocycles. The van der Waals surface area contributed by atoms with Crippen LogP contribution in [0.1, 0.15) is 33.1 Å². The smallest absolute Gasteiger partial charge is 0.0573 e. The highest BCUT2D eigenvalue weighted by atomic mass is 15.2. The van der Waals surface area contributed by atoms with E-state index in [1.165, 1.54) is 38.0 Å². The fourth-order valence-corrected chi connectivity index (χ4v) is 2.61. The lowest BCUT2D eigenvalue weighted by atomic mass is 10.0. The Morgan fingerprint density at radius 1 is 1.41 bits per heavy atom. The second-order valence-corrected chi connectivity index (χ2v) is 4.85. The second kappa shape index (κ2) is 5.89. The van der Waals surface area contributed by atoms with Gasteiger partial charge in [0.05, 0.1) is 23.8 Å². The molecule has 1 aliphatic heterocycles. The van der Waals surface area contributed by atoms with Gasteiger partial charge in [-0.25, -0.2) is 0 Å². The fourth-order valence-electron chi connectivity index (χ4n) is 2.61. The van der Waals surface area contributed by atoms with Gasteiger partial charge in [0.1, 0.15) is 0 Å². The molecule has 1 fully saturated rings. The molecular formula is C14H23N3. The summed E-state index contributed by atoms with van der Waals surface area (Å²) in [5, 5.41) is 3.32. The van der Waals surface area contributed by atoms with Crippen LogP contribution in [0, 0.1) is 5.92 Å². The van der Waals surface area contributed by atoms with Crippen LogP contribution in [0.5, 0.6) is 0 Å². The number of hydrogen-bond acceptors (Lipinski definition) is 3. The van der Waals surface area contributed by atoms with Gasteiger partial charge in [0.2, 0.25) is 0 Å². The van der Waals surface area contributed by atoms with Crippen molar-refractivity contribution in [3.8, 4) is 0 Å². The Bertz CT molecular complexity index is 351. The maximum absolute atomic E-state index is 4.31. The van der Waals surface area contributed by atoms with E-state index < -0.39 is 0 Å². The highest BCUT2D eigenvalue weighted by molar-refractivity contribution is 5.56. The second-order valence-electron chi connectivity index (χ2n) is 4.85. The molecule has 1 aromatic rings. The Kier molecular flexibility index (Phi) is 4.24. The largest absolute Gasteiger partial charge is 0.384 e. The molecular weight excluding hydrogens is 210 g/mol. The molecule has 94 valence electrons. The van der Waals surface area contributed by atoms with E-state index in [1.54, 1.807) is 0 Å². The van der Waals surface area contributed by atoms with Gasteiger partial charge in [-0.05, 0) is 31.7 Å². The third-order valence-electron chi connectivity index (χ3n) is 3.45. The van der Waals surface area contributed by atoms with E-state index in [9.17, 15) is 0 Å². The summed E-state index contributed by atoms with van der Waals surface area (Å²) in [7, 11) is 0. The van der Waals surface area contributed by atoms with Crippen LogP contribution < -0.4 is 10.2 Å². The Morgan fingerprint density at radius 2 is 2.29 bits per heavy atom. The van der Waals surface area contributed by atoms with Gasteiger partial charge in [-0.2, -0.15) is 0 Å². The quantitative estimate of drug-likeness (QED) is 0.847. The number of nitrogens with zero attached hydrogens (tertiary/aromatic N) is 2. The van der Waals surface area contributed by atoms with E-state index in [1.807, 2.05) is 12.4 Å². The van der Waals surface area contributed by atoms with Crippen molar-refractivity contribution in [2.45, 2.75) is 33.1 Å². The zero-order valence-electron chi connectivity index (χ0n) is 10.9. The first-order valence-electron chi connectivity index (χ1n) is 6.77. The van der Waals surface area contributed by atoms with E-state index in [0.29, 0.717) is 0 Å². The van der Waals surface area contributed by atoms with Crippen molar-refractivity contribution in [3.63, 3.8) is 0 Å². The first-order chi connectivity index (χ1) is 8.33. The highest BCUT2D eigenvalue weighted by Crippen LogP contribution is 2.27. The summed E-state index contributed by atoms with van der Waals surface area (Å²) >= 11 is 0. The zero-order chi connectivity index (χ0) is 12.1. The van der Waals surface area contributed by atoms with E-state index in [-0.39, 0.29) is 0 Å². The molecule has 0 spiro atoms. The Morgan fingerprint density at radius 3 is 3.06 bits per heavy atom. The molecule has 3 heteroatoms. The maximum Gasteiger partial charge on any atom is 0.0573 e. The molecule has 0 amide bonds. The van der Waals surface area contributed by atoms with E-state index >= 15 is 0 Å². The monoisotopic (exact) mass is 233 g/mol. The molecule has 0 aromatic carbocycles. The van der Waals surface area contributed by atoms with Crippen molar-refractivity contribution in [3.05, 3.63) is 18.5 Å². The number of hydrogen-bond donors (Lipinski definition) is 1. The van der Waals surface area contributed by atoms with Gasteiger partial charge in [0.25, 0.3) is 0 Å². The minimum absolute atomic E-state index is 0.878. The van der Waals surface area contributed by atoms with Crippen molar-refractivity contribution < 1.29 is 0 Å². The van der Waals surface area contributed by atoms with Gasteiger partial charge in [-0.1, -0.05) is 13.3 Å². The summed E-state index contributed by atoms with van der Waals surface area (Å²) in [5.74, 6) is 0.878. The van der Waals surface area contributed by atoms with E-state index in [0.717, 1.165) is 18.2 Å². The predicted octanol–water partition coefficient (Wildman–Crippen LogP) is 3.14. The van der Waals surface area contributed by atoms with Crippen LogP contribution in [0.3, 0.4) is 0 Å². The van der Waals surface area contributed by atoms with Gasteiger partial charge >= 0.3 is 0 Å². The molecule has 0 saturated carbocycles. The molecule has 1 saturated heterocycles. The van der Waals surface area contributed by atoms with Crippen molar-refractivity contribution in [1.29, 1.82) is 0 Å². The van der Waals surface area contributed by atoms with E-state index in [4.69, 9.17) is 0 Å². The molecule has 0 radical (unpaired) electrons. The number of aromatic nitrogens is 1. The van der Waals surface area contributed by atoms with Crippen LogP contribution in [0.4, 0.5) is 11.4 Å². The summed E-state index contributed by atoms with van der Waals surface area (Å²) in [6.07, 6.45) is 7.87. The Balaban J connectivity index is 2.00. The first-order valence-corrected chi connectivity index (χ1v) is 6.77. The Labute approximate surface area is 104 Å². The summed E-state index contributed by atoms with van der Waals surface area (Å²) in [6, 6.07) is 2.21. The van der Waals surface area contributed by atoms with Crippen LogP contribution in [0.2, 0.25) is 0 Å². The minimum atomic E-state index is 0.878. The standard InChI is InChI=1S/C14H23N3/c1-3-5-12-6-7-17(11-12)14-8-13(16-4-2)9-15-10-14/h8-10,12,16H,3-7,11H2,1-2H3. The molecule has 17 heavy (non-hydrogen) atoms. The highest BCUT2D eigenvalue weighted by Gasteiger charge is 2.22. The molecule has 1 atom stereocenters. The van der Waals surface area contributed by atoms with Gasteiger partial charge in [-0.3, -0.25) is 4.98 Å². The summed E-state index contributed by atoms with van der Waals surface area (Å²) in [5.41, 5.74) is 2.39.